The van der Waals surface area contributed by atoms with Crippen LogP contribution in [0.5, 0.6) is 5.75 Å². The molecule has 2 saturated heterocycles. The Labute approximate surface area is 188 Å². The summed E-state index contributed by atoms with van der Waals surface area (Å²) in [4.78, 5) is 26.0. The van der Waals surface area contributed by atoms with E-state index in [-0.39, 0.29) is 41.1 Å². The topological polar surface area (TPSA) is 76.1 Å². The second-order valence-corrected chi connectivity index (χ2v) is 9.87. The molecule has 5 rings (SSSR count). The maximum atomic E-state index is 13.1. The number of carbonyl (C=O) groups excluding carboxylic acids is 1. The lowest BCUT2D eigenvalue weighted by Gasteiger charge is -2.53. The molecule has 0 bridgehead atoms. The average molecular weight is 436 g/mol. The van der Waals surface area contributed by atoms with Gasteiger partial charge < -0.3 is 19.5 Å². The Morgan fingerprint density at radius 2 is 1.81 bits per heavy atom. The van der Waals surface area contributed by atoms with Crippen molar-refractivity contribution in [2.24, 2.45) is 11.8 Å². The highest BCUT2D eigenvalue weighted by molar-refractivity contribution is 5.96. The first-order valence-corrected chi connectivity index (χ1v) is 11.3. The molecule has 0 radical (unpaired) electrons. The molecule has 6 nitrogen and oxygen atoms in total. The standard InChI is InChI=1S/C26H29NO5/c1-15-4-9-19-22(12-15)32-26(2,3)20-13-18-14-27(11-10-21(18)31-23(19)20)24(28)16-5-7-17(8-6-16)25(29)30/h4-9,12,18,20-21,23H,10-11,13-14H2,1-3H3,(H,29,30)/t18-,20+,21+,23-/m0/s1. The summed E-state index contributed by atoms with van der Waals surface area (Å²) in [6.45, 7) is 7.62. The third-order valence-corrected chi connectivity index (χ3v) is 7.32. The Morgan fingerprint density at radius 3 is 2.53 bits per heavy atom. The summed E-state index contributed by atoms with van der Waals surface area (Å²) in [5, 5.41) is 9.08. The Kier molecular flexibility index (Phi) is 5.01. The van der Waals surface area contributed by atoms with Gasteiger partial charge >= 0.3 is 5.97 Å². The molecule has 6 heteroatoms. The van der Waals surface area contributed by atoms with Gasteiger partial charge in [-0.1, -0.05) is 12.1 Å². The molecule has 0 saturated carbocycles. The highest BCUT2D eigenvalue weighted by Crippen LogP contribution is 2.53. The number of benzene rings is 2. The summed E-state index contributed by atoms with van der Waals surface area (Å²) < 4.78 is 13.1. The predicted octanol–water partition coefficient (Wildman–Crippen LogP) is 4.47. The molecular formula is C26H29NO5. The number of aryl methyl sites for hydroxylation is 1. The van der Waals surface area contributed by atoms with Gasteiger partial charge in [0.05, 0.1) is 17.8 Å². The summed E-state index contributed by atoms with van der Waals surface area (Å²) in [5.41, 5.74) is 2.66. The molecular weight excluding hydrogens is 406 g/mol. The second-order valence-electron chi connectivity index (χ2n) is 9.87. The highest BCUT2D eigenvalue weighted by atomic mass is 16.5. The molecule has 0 aromatic heterocycles. The predicted molar refractivity (Wildman–Crippen MR) is 119 cm³/mol. The van der Waals surface area contributed by atoms with Gasteiger partial charge in [-0.2, -0.15) is 0 Å². The first-order valence-electron chi connectivity index (χ1n) is 11.3. The van der Waals surface area contributed by atoms with Gasteiger partial charge in [-0.25, -0.2) is 4.79 Å². The first kappa shape index (κ1) is 21.0. The van der Waals surface area contributed by atoms with E-state index in [1.807, 2.05) is 4.90 Å². The van der Waals surface area contributed by atoms with E-state index >= 15 is 0 Å². The molecule has 32 heavy (non-hydrogen) atoms. The average Bonchev–Trinajstić information content (AvgIpc) is 2.77. The van der Waals surface area contributed by atoms with E-state index in [9.17, 15) is 9.59 Å². The van der Waals surface area contributed by atoms with Gasteiger partial charge in [0.25, 0.3) is 5.91 Å². The van der Waals surface area contributed by atoms with Gasteiger partial charge in [0, 0.05) is 36.1 Å². The van der Waals surface area contributed by atoms with Crippen LogP contribution >= 0.6 is 0 Å². The van der Waals surface area contributed by atoms with Crippen LogP contribution in [0, 0.1) is 18.8 Å². The number of hydrogen-bond donors (Lipinski definition) is 1. The minimum Gasteiger partial charge on any atom is -0.487 e. The molecule has 3 aliphatic heterocycles. The van der Waals surface area contributed by atoms with Crippen molar-refractivity contribution in [3.05, 3.63) is 64.7 Å². The van der Waals surface area contributed by atoms with Gasteiger partial charge in [-0.3, -0.25) is 4.79 Å². The van der Waals surface area contributed by atoms with Crippen LogP contribution in [0.3, 0.4) is 0 Å². The van der Waals surface area contributed by atoms with Crippen molar-refractivity contribution < 1.29 is 24.2 Å². The number of fused-ring (bicyclic) bond motifs is 4. The van der Waals surface area contributed by atoms with Crippen molar-refractivity contribution in [2.45, 2.75) is 51.4 Å². The number of rotatable bonds is 2. The molecule has 2 aromatic carbocycles. The fourth-order valence-corrected chi connectivity index (χ4v) is 5.53. The largest absolute Gasteiger partial charge is 0.487 e. The summed E-state index contributed by atoms with van der Waals surface area (Å²) in [7, 11) is 0. The quantitative estimate of drug-likeness (QED) is 0.753. The molecule has 3 heterocycles. The van der Waals surface area contributed by atoms with Crippen molar-refractivity contribution in [2.75, 3.05) is 13.1 Å². The maximum absolute atomic E-state index is 13.1. The van der Waals surface area contributed by atoms with Crippen molar-refractivity contribution in [1.82, 2.24) is 4.90 Å². The van der Waals surface area contributed by atoms with Crippen molar-refractivity contribution in [1.29, 1.82) is 0 Å². The van der Waals surface area contributed by atoms with Gasteiger partial charge in [-0.15, -0.1) is 0 Å². The Bertz CT molecular complexity index is 1060. The Balaban J connectivity index is 1.34. The second kappa shape index (κ2) is 7.62. The number of nitrogens with zero attached hydrogens (tertiary/aromatic N) is 1. The molecule has 2 fully saturated rings. The van der Waals surface area contributed by atoms with E-state index in [4.69, 9.17) is 14.6 Å². The molecule has 0 unspecified atom stereocenters. The number of hydrogen-bond acceptors (Lipinski definition) is 4. The van der Waals surface area contributed by atoms with E-state index in [1.165, 1.54) is 17.7 Å². The van der Waals surface area contributed by atoms with Crippen molar-refractivity contribution in [3.63, 3.8) is 0 Å². The third kappa shape index (κ3) is 3.56. The minimum absolute atomic E-state index is 0.0152. The SMILES string of the molecule is Cc1ccc2c(c1)OC(C)(C)[C@@H]1C[C@H]3CN(C(=O)c4ccc(C(=O)O)cc4)CC[C@H]3O[C@@H]21. The number of likely N-dealkylation sites (tertiary alicyclic amines) is 1. The van der Waals surface area contributed by atoms with Gasteiger partial charge in [0.2, 0.25) is 0 Å². The first-order chi connectivity index (χ1) is 15.2. The molecule has 1 amide bonds. The van der Waals surface area contributed by atoms with Crippen LogP contribution in [0.15, 0.2) is 42.5 Å². The molecule has 0 aliphatic carbocycles. The number of amides is 1. The number of aromatic carboxylic acids is 1. The summed E-state index contributed by atoms with van der Waals surface area (Å²) in [5.74, 6) is 0.341. The van der Waals surface area contributed by atoms with E-state index in [0.717, 1.165) is 24.2 Å². The normalized spacial score (nSPS) is 28.0. The fourth-order valence-electron chi connectivity index (χ4n) is 5.53. The van der Waals surface area contributed by atoms with Crippen molar-refractivity contribution >= 4 is 11.9 Å². The van der Waals surface area contributed by atoms with Gasteiger partial charge in [0.1, 0.15) is 11.4 Å². The number of carbonyl (C=O) groups is 2. The lowest BCUT2D eigenvalue weighted by atomic mass is 9.70. The van der Waals surface area contributed by atoms with Gasteiger partial charge in [0.15, 0.2) is 0 Å². The minimum atomic E-state index is -0.993. The molecule has 3 aliphatic rings. The van der Waals surface area contributed by atoms with Crippen molar-refractivity contribution in [3.8, 4) is 5.75 Å². The maximum Gasteiger partial charge on any atom is 0.335 e. The number of carboxylic acids is 1. The monoisotopic (exact) mass is 435 g/mol. The Morgan fingerprint density at radius 1 is 1.09 bits per heavy atom. The summed E-state index contributed by atoms with van der Waals surface area (Å²) in [6, 6.07) is 12.5. The highest BCUT2D eigenvalue weighted by Gasteiger charge is 2.51. The summed E-state index contributed by atoms with van der Waals surface area (Å²) >= 11 is 0. The smallest absolute Gasteiger partial charge is 0.335 e. The lowest BCUT2D eigenvalue weighted by Crippen LogP contribution is -2.56. The van der Waals surface area contributed by atoms with Crippen LogP contribution in [0.4, 0.5) is 0 Å². The number of carboxylic acid groups (broad SMARTS) is 1. The zero-order valence-electron chi connectivity index (χ0n) is 18.7. The van der Waals surface area contributed by atoms with Crippen LogP contribution in [-0.2, 0) is 4.74 Å². The fraction of sp³-hybridized carbons (Fsp3) is 0.462. The van der Waals surface area contributed by atoms with Crippen LogP contribution in [0.2, 0.25) is 0 Å². The summed E-state index contributed by atoms with van der Waals surface area (Å²) in [6.07, 6.45) is 1.88. The van der Waals surface area contributed by atoms with Crippen LogP contribution in [0.25, 0.3) is 0 Å². The number of ether oxygens (including phenoxy) is 2. The molecule has 4 atom stereocenters. The van der Waals surface area contributed by atoms with E-state index in [1.54, 1.807) is 12.1 Å². The zero-order chi connectivity index (χ0) is 22.6. The van der Waals surface area contributed by atoms with E-state index < -0.39 is 5.97 Å². The molecule has 2 aromatic rings. The Hall–Kier alpha value is -2.86. The number of piperidine rings is 1. The molecule has 0 spiro atoms. The van der Waals surface area contributed by atoms with Crippen LogP contribution < -0.4 is 4.74 Å². The van der Waals surface area contributed by atoms with Crippen LogP contribution in [-0.4, -0.2) is 46.7 Å². The third-order valence-electron chi connectivity index (χ3n) is 7.32. The van der Waals surface area contributed by atoms with E-state index in [2.05, 4.69) is 39.0 Å². The van der Waals surface area contributed by atoms with Gasteiger partial charge in [-0.05, 0) is 69.5 Å². The zero-order valence-corrected chi connectivity index (χ0v) is 18.7. The van der Waals surface area contributed by atoms with E-state index in [0.29, 0.717) is 18.7 Å². The van der Waals surface area contributed by atoms with Crippen LogP contribution in [0.1, 0.15) is 64.6 Å². The molecule has 1 N–H and O–H groups in total. The molecule has 168 valence electrons. The lowest BCUT2D eigenvalue weighted by molar-refractivity contribution is -0.184.